The number of ether oxygens (including phenoxy) is 1. The molecule has 0 amide bonds. The van der Waals surface area contributed by atoms with Crippen LogP contribution in [-0.2, 0) is 0 Å². The molecule has 0 saturated carbocycles. The maximum atomic E-state index is 10.2. The van der Waals surface area contributed by atoms with Crippen LogP contribution in [0.3, 0.4) is 0 Å². The zero-order valence-corrected chi connectivity index (χ0v) is 10.8. The number of aliphatic hydroxyl groups excluding tert-OH is 1. The third-order valence-corrected chi connectivity index (χ3v) is 3.09. The summed E-state index contributed by atoms with van der Waals surface area (Å²) in [6.45, 7) is 1.96. The molecule has 0 saturated heterocycles. The van der Waals surface area contributed by atoms with Crippen LogP contribution in [0, 0.1) is 0 Å². The van der Waals surface area contributed by atoms with Crippen LogP contribution in [0.25, 0.3) is 11.1 Å². The molecule has 1 atom stereocenters. The van der Waals surface area contributed by atoms with Gasteiger partial charge in [-0.25, -0.2) is 0 Å². The number of benzene rings is 2. The molecule has 2 aromatic carbocycles. The van der Waals surface area contributed by atoms with Gasteiger partial charge in [-0.05, 0) is 23.6 Å². The van der Waals surface area contributed by atoms with E-state index < -0.39 is 6.10 Å². The number of aliphatic hydroxyl groups is 1. The zero-order chi connectivity index (χ0) is 13.0. The molecule has 0 spiro atoms. The Morgan fingerprint density at radius 1 is 1.06 bits per heavy atom. The minimum absolute atomic E-state index is 0.503. The van der Waals surface area contributed by atoms with Crippen molar-refractivity contribution in [3.8, 4) is 16.9 Å². The standard InChI is InChI=1S/C16H18O2/c1-3-14(17)16-13(10-7-11-15(16)18-2)12-8-5-4-6-9-12/h4-11,14,17H,3H2,1-2H3/t14-/m0/s1. The highest BCUT2D eigenvalue weighted by Gasteiger charge is 2.16. The van der Waals surface area contributed by atoms with Crippen molar-refractivity contribution in [2.24, 2.45) is 0 Å². The fraction of sp³-hybridized carbons (Fsp3) is 0.250. The van der Waals surface area contributed by atoms with Crippen molar-refractivity contribution in [1.82, 2.24) is 0 Å². The van der Waals surface area contributed by atoms with Crippen LogP contribution in [0.5, 0.6) is 5.75 Å². The first kappa shape index (κ1) is 12.7. The molecule has 0 aromatic heterocycles. The van der Waals surface area contributed by atoms with Crippen LogP contribution in [0.4, 0.5) is 0 Å². The SMILES string of the molecule is CC[C@H](O)c1c(OC)cccc1-c1ccccc1. The highest BCUT2D eigenvalue weighted by molar-refractivity contribution is 5.70. The van der Waals surface area contributed by atoms with Gasteiger partial charge < -0.3 is 9.84 Å². The molecule has 0 radical (unpaired) electrons. The second kappa shape index (κ2) is 5.69. The van der Waals surface area contributed by atoms with Crippen LogP contribution < -0.4 is 4.74 Å². The van der Waals surface area contributed by atoms with Crippen LogP contribution in [-0.4, -0.2) is 12.2 Å². The van der Waals surface area contributed by atoms with Gasteiger partial charge in [0.25, 0.3) is 0 Å². The van der Waals surface area contributed by atoms with E-state index >= 15 is 0 Å². The fourth-order valence-electron chi connectivity index (χ4n) is 2.14. The second-order valence-electron chi connectivity index (χ2n) is 4.21. The van der Waals surface area contributed by atoms with Crippen LogP contribution in [0.2, 0.25) is 0 Å². The van der Waals surface area contributed by atoms with Crippen molar-refractivity contribution in [2.75, 3.05) is 7.11 Å². The number of hydrogen-bond acceptors (Lipinski definition) is 2. The topological polar surface area (TPSA) is 29.5 Å². The molecule has 18 heavy (non-hydrogen) atoms. The van der Waals surface area contributed by atoms with E-state index in [1.807, 2.05) is 55.5 Å². The Hall–Kier alpha value is -1.80. The lowest BCUT2D eigenvalue weighted by Crippen LogP contribution is -2.02. The van der Waals surface area contributed by atoms with Gasteiger partial charge in [0.15, 0.2) is 0 Å². The van der Waals surface area contributed by atoms with Crippen molar-refractivity contribution in [3.05, 3.63) is 54.1 Å². The van der Waals surface area contributed by atoms with Gasteiger partial charge in [0.05, 0.1) is 13.2 Å². The van der Waals surface area contributed by atoms with Gasteiger partial charge in [0.1, 0.15) is 5.75 Å². The summed E-state index contributed by atoms with van der Waals surface area (Å²) in [5, 5.41) is 10.2. The van der Waals surface area contributed by atoms with E-state index in [1.54, 1.807) is 7.11 Å². The molecule has 0 aliphatic rings. The molecule has 1 N–H and O–H groups in total. The van der Waals surface area contributed by atoms with Crippen LogP contribution >= 0.6 is 0 Å². The predicted molar refractivity (Wildman–Crippen MR) is 73.7 cm³/mol. The Morgan fingerprint density at radius 3 is 2.39 bits per heavy atom. The summed E-state index contributed by atoms with van der Waals surface area (Å²) in [6.07, 6.45) is 0.163. The van der Waals surface area contributed by atoms with Gasteiger partial charge in [0.2, 0.25) is 0 Å². The first-order valence-corrected chi connectivity index (χ1v) is 6.18. The van der Waals surface area contributed by atoms with E-state index in [-0.39, 0.29) is 0 Å². The van der Waals surface area contributed by atoms with E-state index in [1.165, 1.54) is 0 Å². The van der Waals surface area contributed by atoms with Gasteiger partial charge in [-0.3, -0.25) is 0 Å². The van der Waals surface area contributed by atoms with Gasteiger partial charge in [-0.1, -0.05) is 49.4 Å². The van der Waals surface area contributed by atoms with Crippen molar-refractivity contribution in [2.45, 2.75) is 19.4 Å². The Bertz CT molecular complexity index is 506. The molecule has 0 aliphatic carbocycles. The minimum Gasteiger partial charge on any atom is -0.496 e. The fourth-order valence-corrected chi connectivity index (χ4v) is 2.14. The first-order valence-electron chi connectivity index (χ1n) is 6.18. The third-order valence-electron chi connectivity index (χ3n) is 3.09. The summed E-state index contributed by atoms with van der Waals surface area (Å²) in [5.41, 5.74) is 3.00. The van der Waals surface area contributed by atoms with Gasteiger partial charge in [-0.15, -0.1) is 0 Å². The Balaban J connectivity index is 2.60. The molecule has 0 bridgehead atoms. The molecule has 0 heterocycles. The molecule has 2 heteroatoms. The normalized spacial score (nSPS) is 12.2. The van der Waals surface area contributed by atoms with Gasteiger partial charge in [0, 0.05) is 5.56 Å². The molecule has 94 valence electrons. The predicted octanol–water partition coefficient (Wildman–Crippen LogP) is 3.81. The molecule has 0 unspecified atom stereocenters. The lowest BCUT2D eigenvalue weighted by Gasteiger charge is -2.18. The summed E-state index contributed by atoms with van der Waals surface area (Å²) < 4.78 is 5.37. The highest BCUT2D eigenvalue weighted by Crippen LogP contribution is 2.36. The van der Waals surface area contributed by atoms with E-state index in [9.17, 15) is 5.11 Å². The molecule has 2 nitrogen and oxygen atoms in total. The first-order chi connectivity index (χ1) is 8.77. The quantitative estimate of drug-likeness (QED) is 0.883. The van der Waals surface area contributed by atoms with E-state index in [0.717, 1.165) is 22.4 Å². The maximum absolute atomic E-state index is 10.2. The Morgan fingerprint density at radius 2 is 1.78 bits per heavy atom. The molecule has 2 aromatic rings. The molecule has 0 fully saturated rings. The lowest BCUT2D eigenvalue weighted by atomic mass is 9.94. The Labute approximate surface area is 108 Å². The minimum atomic E-state index is -0.503. The van der Waals surface area contributed by atoms with E-state index in [0.29, 0.717) is 6.42 Å². The smallest absolute Gasteiger partial charge is 0.125 e. The maximum Gasteiger partial charge on any atom is 0.125 e. The number of methoxy groups -OCH3 is 1. The summed E-state index contributed by atoms with van der Waals surface area (Å²) >= 11 is 0. The number of hydrogen-bond donors (Lipinski definition) is 1. The van der Waals surface area contributed by atoms with Gasteiger partial charge in [-0.2, -0.15) is 0 Å². The van der Waals surface area contributed by atoms with Crippen molar-refractivity contribution in [3.63, 3.8) is 0 Å². The summed E-state index contributed by atoms with van der Waals surface area (Å²) in [5.74, 6) is 0.741. The molecule has 0 aliphatic heterocycles. The molecular weight excluding hydrogens is 224 g/mol. The lowest BCUT2D eigenvalue weighted by molar-refractivity contribution is 0.170. The highest BCUT2D eigenvalue weighted by atomic mass is 16.5. The monoisotopic (exact) mass is 242 g/mol. The van der Waals surface area contributed by atoms with E-state index in [2.05, 4.69) is 0 Å². The van der Waals surface area contributed by atoms with Gasteiger partial charge >= 0.3 is 0 Å². The number of rotatable bonds is 4. The summed E-state index contributed by atoms with van der Waals surface area (Å²) in [6, 6.07) is 15.9. The van der Waals surface area contributed by atoms with Crippen molar-refractivity contribution in [1.29, 1.82) is 0 Å². The van der Waals surface area contributed by atoms with Crippen LogP contribution in [0.1, 0.15) is 25.0 Å². The third kappa shape index (κ3) is 2.39. The molecular formula is C16H18O2. The van der Waals surface area contributed by atoms with Crippen LogP contribution in [0.15, 0.2) is 48.5 Å². The second-order valence-corrected chi connectivity index (χ2v) is 4.21. The average molecular weight is 242 g/mol. The summed E-state index contributed by atoms with van der Waals surface area (Å²) in [4.78, 5) is 0. The summed E-state index contributed by atoms with van der Waals surface area (Å²) in [7, 11) is 1.63. The average Bonchev–Trinajstić information content (AvgIpc) is 2.46. The molecule has 2 rings (SSSR count). The van der Waals surface area contributed by atoms with Crippen molar-refractivity contribution >= 4 is 0 Å². The van der Waals surface area contributed by atoms with Crippen molar-refractivity contribution < 1.29 is 9.84 Å². The largest absolute Gasteiger partial charge is 0.496 e. The van der Waals surface area contributed by atoms with E-state index in [4.69, 9.17) is 4.74 Å². The zero-order valence-electron chi connectivity index (χ0n) is 10.8. The Kier molecular flexibility index (Phi) is 4.00.